The smallest absolute Gasteiger partial charge is 0.225 e. The monoisotopic (exact) mass is 637 g/mol. The molecule has 9 nitrogen and oxygen atoms in total. The van der Waals surface area contributed by atoms with Crippen LogP contribution in [0.1, 0.15) is 29.5 Å². The van der Waals surface area contributed by atoms with Crippen LogP contribution < -0.4 is 20.1 Å². The van der Waals surface area contributed by atoms with E-state index in [4.69, 9.17) is 14.2 Å². The van der Waals surface area contributed by atoms with Gasteiger partial charge < -0.3 is 34.9 Å². The van der Waals surface area contributed by atoms with E-state index in [1.807, 2.05) is 48.5 Å². The lowest BCUT2D eigenvalue weighted by atomic mass is 9.94. The van der Waals surface area contributed by atoms with Gasteiger partial charge in [0.05, 0.1) is 45.0 Å². The molecule has 0 radical (unpaired) electrons. The molecule has 2 aliphatic rings. The van der Waals surface area contributed by atoms with E-state index in [1.54, 1.807) is 19.1 Å². The van der Waals surface area contributed by atoms with E-state index in [-0.39, 0.29) is 31.4 Å². The molecule has 0 saturated carbocycles. The first kappa shape index (κ1) is 33.3. The lowest BCUT2D eigenvalue weighted by Crippen LogP contribution is -2.53. The largest absolute Gasteiger partial charge is 0.493 e. The fraction of sp³-hybridized carbons (Fsp3) is 0.429. The average Bonchev–Trinajstić information content (AvgIpc) is 3.68. The second kappa shape index (κ2) is 15.5. The highest BCUT2D eigenvalue weighted by atomic mass is 19.1. The minimum absolute atomic E-state index is 0.00100. The van der Waals surface area contributed by atoms with Crippen molar-refractivity contribution in [1.29, 1.82) is 0 Å². The third-order valence-corrected chi connectivity index (χ3v) is 8.69. The van der Waals surface area contributed by atoms with Gasteiger partial charge in [-0.15, -0.1) is 0 Å². The Morgan fingerprint density at radius 3 is 2.46 bits per heavy atom. The fourth-order valence-electron chi connectivity index (χ4n) is 6.19. The summed E-state index contributed by atoms with van der Waals surface area (Å²) in [7, 11) is 3.12. The summed E-state index contributed by atoms with van der Waals surface area (Å²) >= 11 is 0. The van der Waals surface area contributed by atoms with Gasteiger partial charge in [-0.2, -0.15) is 0 Å². The topological polar surface area (TPSA) is 109 Å². The number of nitrogens with zero attached hydrogens (tertiary/aromatic N) is 1. The number of benzene rings is 3. The number of halogens is 2. The lowest BCUT2D eigenvalue weighted by Gasteiger charge is -2.29. The second-order valence-electron chi connectivity index (χ2n) is 11.9. The molecule has 3 aromatic carbocycles. The first-order chi connectivity index (χ1) is 22.2. The van der Waals surface area contributed by atoms with Crippen LogP contribution in [0.2, 0.25) is 0 Å². The normalized spacial score (nSPS) is 20.8. The van der Waals surface area contributed by atoms with Crippen molar-refractivity contribution in [1.82, 2.24) is 15.5 Å². The third kappa shape index (κ3) is 8.60. The molecule has 5 rings (SSSR count). The molecule has 2 fully saturated rings. The second-order valence-corrected chi connectivity index (χ2v) is 11.9. The standard InChI is InChI=1S/C35H41F2N3O6/c1-44-31-9-8-22(15-32(31)45-2)10-11-40-20-25(16-33(40)41)35(43)39-30(14-24-12-26(36)17-27(37)13-24)34(42)29-18-28(19-38-29)46-21-23-6-4-3-5-7-23/h3-9,12-13,15,17,25,28-30,34,38,42H,10-11,14,16,18-21H2,1-2H3,(H,39,43)/t25?,28-,29-,30+,34-/m1/s1. The number of rotatable bonds is 14. The summed E-state index contributed by atoms with van der Waals surface area (Å²) < 4.78 is 44.8. The number of ether oxygens (including phenoxy) is 3. The summed E-state index contributed by atoms with van der Waals surface area (Å²) in [4.78, 5) is 28.0. The predicted octanol–water partition coefficient (Wildman–Crippen LogP) is 3.41. The molecule has 246 valence electrons. The van der Waals surface area contributed by atoms with Gasteiger partial charge in [-0.25, -0.2) is 8.78 Å². The Labute approximate surface area is 267 Å². The third-order valence-electron chi connectivity index (χ3n) is 8.69. The highest BCUT2D eigenvalue weighted by Crippen LogP contribution is 2.28. The van der Waals surface area contributed by atoms with Gasteiger partial charge in [-0.05, 0) is 60.2 Å². The number of amides is 2. The Balaban J connectivity index is 1.21. The Morgan fingerprint density at radius 2 is 1.74 bits per heavy atom. The minimum atomic E-state index is -1.08. The van der Waals surface area contributed by atoms with E-state index >= 15 is 0 Å². The van der Waals surface area contributed by atoms with Gasteiger partial charge in [0.25, 0.3) is 0 Å². The molecule has 1 unspecified atom stereocenters. The first-order valence-electron chi connectivity index (χ1n) is 15.5. The maximum Gasteiger partial charge on any atom is 0.225 e. The van der Waals surface area contributed by atoms with Gasteiger partial charge in [0.1, 0.15) is 11.6 Å². The lowest BCUT2D eigenvalue weighted by molar-refractivity contribution is -0.129. The summed E-state index contributed by atoms with van der Waals surface area (Å²) in [6.07, 6.45) is -0.156. The molecule has 3 N–H and O–H groups in total. The number of likely N-dealkylation sites (tertiary alicyclic amines) is 1. The SMILES string of the molecule is COc1ccc(CCN2CC(C(=O)N[C@@H](Cc3cc(F)cc(F)c3)[C@H](O)[C@H]3C[C@@H](OCc4ccccc4)CN3)CC2=O)cc1OC. The van der Waals surface area contributed by atoms with Crippen molar-refractivity contribution in [2.75, 3.05) is 33.9 Å². The molecule has 5 atom stereocenters. The summed E-state index contributed by atoms with van der Waals surface area (Å²) in [5.74, 6) is -1.43. The van der Waals surface area contributed by atoms with Crippen molar-refractivity contribution >= 4 is 11.8 Å². The highest BCUT2D eigenvalue weighted by molar-refractivity contribution is 5.89. The summed E-state index contributed by atoms with van der Waals surface area (Å²) in [5.41, 5.74) is 2.29. The van der Waals surface area contributed by atoms with Crippen LogP contribution in [0.5, 0.6) is 11.5 Å². The van der Waals surface area contributed by atoms with Gasteiger partial charge in [0, 0.05) is 38.2 Å². The van der Waals surface area contributed by atoms with Gasteiger partial charge in [-0.1, -0.05) is 36.4 Å². The number of aliphatic hydroxyl groups excluding tert-OH is 1. The Morgan fingerprint density at radius 1 is 1.00 bits per heavy atom. The predicted molar refractivity (Wildman–Crippen MR) is 167 cm³/mol. The van der Waals surface area contributed by atoms with E-state index in [0.29, 0.717) is 49.6 Å². The van der Waals surface area contributed by atoms with Crippen LogP contribution in [-0.4, -0.2) is 80.0 Å². The number of carbonyl (C=O) groups is 2. The van der Waals surface area contributed by atoms with Crippen LogP contribution in [-0.2, 0) is 33.8 Å². The number of hydrogen-bond donors (Lipinski definition) is 3. The zero-order valence-corrected chi connectivity index (χ0v) is 26.1. The first-order valence-corrected chi connectivity index (χ1v) is 15.5. The average molecular weight is 638 g/mol. The molecule has 11 heteroatoms. The summed E-state index contributed by atoms with van der Waals surface area (Å²) in [6.45, 7) is 1.59. The molecule has 0 aromatic heterocycles. The van der Waals surface area contributed by atoms with Crippen molar-refractivity contribution < 1.29 is 37.7 Å². The fourth-order valence-corrected chi connectivity index (χ4v) is 6.19. The number of methoxy groups -OCH3 is 2. The molecule has 0 bridgehead atoms. The van der Waals surface area contributed by atoms with E-state index in [2.05, 4.69) is 10.6 Å². The molecule has 3 aromatic rings. The molecule has 0 spiro atoms. The van der Waals surface area contributed by atoms with Crippen LogP contribution in [0, 0.1) is 17.6 Å². The van der Waals surface area contributed by atoms with E-state index < -0.39 is 41.6 Å². The van der Waals surface area contributed by atoms with Crippen molar-refractivity contribution in [2.24, 2.45) is 5.92 Å². The minimum Gasteiger partial charge on any atom is -0.493 e. The maximum absolute atomic E-state index is 14.1. The number of aliphatic hydroxyl groups is 1. The molecular weight excluding hydrogens is 596 g/mol. The molecule has 2 saturated heterocycles. The van der Waals surface area contributed by atoms with Crippen molar-refractivity contribution in [2.45, 2.75) is 56.6 Å². The summed E-state index contributed by atoms with van der Waals surface area (Å²) in [6, 6.07) is 17.2. The van der Waals surface area contributed by atoms with Crippen molar-refractivity contribution in [3.8, 4) is 11.5 Å². The highest BCUT2D eigenvalue weighted by Gasteiger charge is 2.39. The van der Waals surface area contributed by atoms with E-state index in [0.717, 1.165) is 17.2 Å². The van der Waals surface area contributed by atoms with Crippen molar-refractivity contribution in [3.63, 3.8) is 0 Å². The molecule has 2 aliphatic heterocycles. The zero-order valence-electron chi connectivity index (χ0n) is 26.1. The number of nitrogens with one attached hydrogen (secondary N) is 2. The number of carbonyl (C=O) groups excluding carboxylic acids is 2. The number of hydrogen-bond acceptors (Lipinski definition) is 7. The van der Waals surface area contributed by atoms with Crippen LogP contribution in [0.4, 0.5) is 8.78 Å². The van der Waals surface area contributed by atoms with E-state index in [1.165, 1.54) is 12.1 Å². The van der Waals surface area contributed by atoms with Crippen LogP contribution in [0.3, 0.4) is 0 Å². The summed E-state index contributed by atoms with van der Waals surface area (Å²) in [5, 5.41) is 17.7. The van der Waals surface area contributed by atoms with Crippen LogP contribution in [0.15, 0.2) is 66.7 Å². The van der Waals surface area contributed by atoms with E-state index in [9.17, 15) is 23.5 Å². The molecule has 2 heterocycles. The molecular formula is C35H41F2N3O6. The van der Waals surface area contributed by atoms with Crippen LogP contribution in [0.25, 0.3) is 0 Å². The zero-order chi connectivity index (χ0) is 32.6. The van der Waals surface area contributed by atoms with Crippen LogP contribution >= 0.6 is 0 Å². The Kier molecular flexibility index (Phi) is 11.2. The van der Waals surface area contributed by atoms with Gasteiger partial charge in [-0.3, -0.25) is 9.59 Å². The molecule has 46 heavy (non-hydrogen) atoms. The molecule has 2 amide bonds. The Bertz CT molecular complexity index is 1470. The molecule has 0 aliphatic carbocycles. The van der Waals surface area contributed by atoms with Gasteiger partial charge >= 0.3 is 0 Å². The Hall–Kier alpha value is -4.06. The van der Waals surface area contributed by atoms with Crippen molar-refractivity contribution in [3.05, 3.63) is 95.1 Å². The van der Waals surface area contributed by atoms with Gasteiger partial charge in [0.2, 0.25) is 11.8 Å². The maximum atomic E-state index is 14.1. The van der Waals surface area contributed by atoms with Gasteiger partial charge in [0.15, 0.2) is 11.5 Å². The quantitative estimate of drug-likeness (QED) is 0.249.